The number of rotatable bonds is 6. The normalized spacial score (nSPS) is 15.7. The van der Waals surface area contributed by atoms with Crippen molar-refractivity contribution in [3.8, 4) is 22.8 Å². The number of methoxy groups -OCH3 is 2. The van der Waals surface area contributed by atoms with Crippen LogP contribution in [0, 0.1) is 5.82 Å². The smallest absolute Gasteiger partial charge is 0.207 e. The van der Waals surface area contributed by atoms with E-state index in [2.05, 4.69) is 11.4 Å². The summed E-state index contributed by atoms with van der Waals surface area (Å²) in [5.41, 5.74) is 3.50. The van der Waals surface area contributed by atoms with Gasteiger partial charge in [0.2, 0.25) is 5.13 Å². The topological polar surface area (TPSA) is 47.0 Å². The summed E-state index contributed by atoms with van der Waals surface area (Å²) in [5, 5.41) is 11.7. The Morgan fingerprint density at radius 3 is 2.59 bits per heavy atom. The Hall–Kier alpha value is -3.23. The zero-order valence-corrected chi connectivity index (χ0v) is 19.1. The molecule has 0 saturated heterocycles. The van der Waals surface area contributed by atoms with Gasteiger partial charge in [0.15, 0.2) is 0 Å². The lowest BCUT2D eigenvalue weighted by molar-refractivity contribution is 0.404. The molecule has 5 nitrogen and oxygen atoms in total. The number of nitrogens with zero attached hydrogens (tertiary/aromatic N) is 3. The number of thiophene rings is 1. The molecule has 162 valence electrons. The maximum atomic E-state index is 13.4. The van der Waals surface area contributed by atoms with Gasteiger partial charge in [-0.15, -0.1) is 22.7 Å². The summed E-state index contributed by atoms with van der Waals surface area (Å²) in [6, 6.07) is 16.4. The van der Waals surface area contributed by atoms with E-state index in [9.17, 15) is 4.39 Å². The van der Waals surface area contributed by atoms with Gasteiger partial charge in [0.05, 0.1) is 31.7 Å². The van der Waals surface area contributed by atoms with Gasteiger partial charge in [0, 0.05) is 22.2 Å². The molecule has 4 aromatic rings. The minimum Gasteiger partial charge on any atom is -0.497 e. The first-order valence-corrected chi connectivity index (χ1v) is 11.8. The van der Waals surface area contributed by atoms with Gasteiger partial charge in [-0.25, -0.2) is 14.4 Å². The molecule has 0 saturated carbocycles. The van der Waals surface area contributed by atoms with E-state index in [0.717, 1.165) is 45.6 Å². The number of hydrazone groups is 1. The van der Waals surface area contributed by atoms with Crippen LogP contribution in [0.1, 0.15) is 22.9 Å². The molecule has 5 rings (SSSR count). The Balaban J connectivity index is 1.53. The van der Waals surface area contributed by atoms with Crippen molar-refractivity contribution in [2.45, 2.75) is 12.5 Å². The number of aromatic nitrogens is 1. The molecule has 0 bridgehead atoms. The highest BCUT2D eigenvalue weighted by Crippen LogP contribution is 2.42. The summed E-state index contributed by atoms with van der Waals surface area (Å²) < 4.78 is 24.3. The van der Waals surface area contributed by atoms with Crippen LogP contribution in [-0.2, 0) is 0 Å². The van der Waals surface area contributed by atoms with Crippen LogP contribution in [0.2, 0.25) is 0 Å². The predicted molar refractivity (Wildman–Crippen MR) is 128 cm³/mol. The quantitative estimate of drug-likeness (QED) is 0.331. The largest absolute Gasteiger partial charge is 0.497 e. The third-order valence-corrected chi connectivity index (χ3v) is 7.13. The molecule has 0 radical (unpaired) electrons. The fourth-order valence-electron chi connectivity index (χ4n) is 3.71. The van der Waals surface area contributed by atoms with Gasteiger partial charge in [-0.1, -0.05) is 18.2 Å². The average Bonchev–Trinajstić information content (AvgIpc) is 3.59. The summed E-state index contributed by atoms with van der Waals surface area (Å²) >= 11 is 3.23. The zero-order chi connectivity index (χ0) is 22.1. The number of benzene rings is 2. The Morgan fingerprint density at radius 2 is 1.88 bits per heavy atom. The minimum atomic E-state index is -0.254. The van der Waals surface area contributed by atoms with Gasteiger partial charge in [-0.2, -0.15) is 5.10 Å². The molecule has 2 aromatic carbocycles. The van der Waals surface area contributed by atoms with Crippen LogP contribution < -0.4 is 14.5 Å². The number of anilines is 1. The highest BCUT2D eigenvalue weighted by Gasteiger charge is 2.32. The second kappa shape index (κ2) is 8.72. The molecule has 1 unspecified atom stereocenters. The van der Waals surface area contributed by atoms with Crippen molar-refractivity contribution < 1.29 is 13.9 Å². The van der Waals surface area contributed by atoms with E-state index >= 15 is 0 Å². The second-order valence-corrected chi connectivity index (χ2v) is 9.03. The van der Waals surface area contributed by atoms with Crippen molar-refractivity contribution in [2.24, 2.45) is 5.10 Å². The van der Waals surface area contributed by atoms with Crippen molar-refractivity contribution in [2.75, 3.05) is 19.2 Å². The third kappa shape index (κ3) is 3.87. The van der Waals surface area contributed by atoms with E-state index in [-0.39, 0.29) is 11.9 Å². The van der Waals surface area contributed by atoms with E-state index in [4.69, 9.17) is 19.6 Å². The molecule has 0 spiro atoms. The maximum absolute atomic E-state index is 13.4. The average molecular weight is 466 g/mol. The molecular formula is C24H20FN3O2S2. The summed E-state index contributed by atoms with van der Waals surface area (Å²) in [6.07, 6.45) is 0.726. The van der Waals surface area contributed by atoms with Gasteiger partial charge in [-0.05, 0) is 47.3 Å². The molecule has 0 amide bonds. The van der Waals surface area contributed by atoms with Crippen LogP contribution in [0.5, 0.6) is 11.5 Å². The summed E-state index contributed by atoms with van der Waals surface area (Å²) in [5.74, 6) is 1.22. The van der Waals surface area contributed by atoms with Gasteiger partial charge in [0.25, 0.3) is 0 Å². The van der Waals surface area contributed by atoms with E-state index in [1.165, 1.54) is 28.3 Å². The Morgan fingerprint density at radius 1 is 1.03 bits per heavy atom. The van der Waals surface area contributed by atoms with E-state index in [1.54, 1.807) is 37.7 Å². The van der Waals surface area contributed by atoms with Gasteiger partial charge in [-0.3, -0.25) is 0 Å². The van der Waals surface area contributed by atoms with Crippen LogP contribution in [0.25, 0.3) is 11.3 Å². The molecule has 0 N–H and O–H groups in total. The third-order valence-electron chi connectivity index (χ3n) is 5.33. The molecule has 8 heteroatoms. The zero-order valence-electron chi connectivity index (χ0n) is 17.5. The Kier molecular flexibility index (Phi) is 5.63. The first-order valence-electron chi connectivity index (χ1n) is 10.00. The molecular weight excluding hydrogens is 445 g/mol. The molecule has 0 fully saturated rings. The molecule has 1 aliphatic rings. The lowest BCUT2D eigenvalue weighted by atomic mass is 10.0. The number of ether oxygens (including phenoxy) is 2. The molecule has 2 aromatic heterocycles. The van der Waals surface area contributed by atoms with Crippen LogP contribution in [0.3, 0.4) is 0 Å². The van der Waals surface area contributed by atoms with Crippen LogP contribution in [0.15, 0.2) is 70.5 Å². The second-order valence-electron chi connectivity index (χ2n) is 7.22. The SMILES string of the molecule is COc1ccc(OC)c(-c2csc(N3N=C(c4ccc(F)cc4)CC3c3cccs3)n2)c1. The van der Waals surface area contributed by atoms with Crippen molar-refractivity contribution >= 4 is 33.5 Å². The standard InChI is InChI=1S/C24H20FN3O2S2/c1-29-17-9-10-22(30-2)18(12-17)20-14-32-24(26-20)28-21(23-4-3-11-31-23)13-19(27-28)15-5-7-16(25)8-6-15/h3-12,14,21H,13H2,1-2H3. The molecule has 1 aliphatic heterocycles. The minimum absolute atomic E-state index is 0.0428. The highest BCUT2D eigenvalue weighted by molar-refractivity contribution is 7.14. The van der Waals surface area contributed by atoms with Crippen molar-refractivity contribution in [3.63, 3.8) is 0 Å². The molecule has 32 heavy (non-hydrogen) atoms. The molecule has 0 aliphatic carbocycles. The first kappa shape index (κ1) is 20.7. The summed E-state index contributed by atoms with van der Waals surface area (Å²) in [7, 11) is 3.28. The number of halogens is 1. The number of thiazole rings is 1. The fourth-order valence-corrected chi connectivity index (χ4v) is 5.35. The lowest BCUT2D eigenvalue weighted by Gasteiger charge is -2.19. The first-order chi connectivity index (χ1) is 15.7. The van der Waals surface area contributed by atoms with Crippen LogP contribution >= 0.6 is 22.7 Å². The lowest BCUT2D eigenvalue weighted by Crippen LogP contribution is -2.17. The monoisotopic (exact) mass is 465 g/mol. The Labute approximate surface area is 193 Å². The van der Waals surface area contributed by atoms with E-state index < -0.39 is 0 Å². The van der Waals surface area contributed by atoms with Crippen LogP contribution in [-0.4, -0.2) is 24.9 Å². The van der Waals surface area contributed by atoms with Crippen molar-refractivity contribution in [1.29, 1.82) is 0 Å². The fraction of sp³-hybridized carbons (Fsp3) is 0.167. The van der Waals surface area contributed by atoms with Gasteiger partial charge in [0.1, 0.15) is 17.3 Å². The predicted octanol–water partition coefficient (Wildman–Crippen LogP) is 6.38. The molecule has 1 atom stereocenters. The number of hydrogen-bond donors (Lipinski definition) is 0. The Bertz CT molecular complexity index is 1250. The summed E-state index contributed by atoms with van der Waals surface area (Å²) in [6.45, 7) is 0. The van der Waals surface area contributed by atoms with Crippen LogP contribution in [0.4, 0.5) is 9.52 Å². The van der Waals surface area contributed by atoms with Crippen molar-refractivity contribution in [3.05, 3.63) is 81.6 Å². The van der Waals surface area contributed by atoms with E-state index in [0.29, 0.717) is 0 Å². The highest BCUT2D eigenvalue weighted by atomic mass is 32.1. The van der Waals surface area contributed by atoms with Gasteiger partial charge >= 0.3 is 0 Å². The van der Waals surface area contributed by atoms with Gasteiger partial charge < -0.3 is 9.47 Å². The van der Waals surface area contributed by atoms with E-state index in [1.807, 2.05) is 34.7 Å². The number of hydrogen-bond acceptors (Lipinski definition) is 7. The summed E-state index contributed by atoms with van der Waals surface area (Å²) in [4.78, 5) is 6.11. The molecule has 3 heterocycles. The van der Waals surface area contributed by atoms with Crippen molar-refractivity contribution in [1.82, 2.24) is 4.98 Å². The maximum Gasteiger partial charge on any atom is 0.207 e.